The molecule has 0 saturated carbocycles. The number of aromatic nitrogens is 1. The molecule has 9 heteroatoms. The molecule has 1 saturated heterocycles. The van der Waals surface area contributed by atoms with Gasteiger partial charge in [-0.25, -0.2) is 18.1 Å². The summed E-state index contributed by atoms with van der Waals surface area (Å²) in [4.78, 5) is 19.3. The van der Waals surface area contributed by atoms with Crippen LogP contribution in [0.1, 0.15) is 5.56 Å². The molecular weight excluding hydrogens is 378 g/mol. The second kappa shape index (κ2) is 8.68. The summed E-state index contributed by atoms with van der Waals surface area (Å²) in [6, 6.07) is 10.9. The highest BCUT2D eigenvalue weighted by atomic mass is 32.2. The normalized spacial score (nSPS) is 15.4. The van der Waals surface area contributed by atoms with Crippen molar-refractivity contribution in [3.8, 4) is 0 Å². The monoisotopic (exact) mass is 405 g/mol. The Kier molecular flexibility index (Phi) is 6.28. The summed E-state index contributed by atoms with van der Waals surface area (Å²) in [6.45, 7) is 5.56. The molecule has 3 rings (SSSR count). The highest BCUT2D eigenvalue weighted by molar-refractivity contribution is 7.89. The number of hydrogen-bond donors (Lipinski definition) is 3. The van der Waals surface area contributed by atoms with Crippen LogP contribution in [-0.2, 0) is 14.8 Å². The lowest BCUT2D eigenvalue weighted by molar-refractivity contribution is -0.892. The number of aromatic amines is 1. The lowest BCUT2D eigenvalue weighted by atomic mass is 10.2. The van der Waals surface area contributed by atoms with Crippen LogP contribution in [0.25, 0.3) is 0 Å². The summed E-state index contributed by atoms with van der Waals surface area (Å²) in [5.41, 5.74) is 1.12. The van der Waals surface area contributed by atoms with Gasteiger partial charge in [-0.05, 0) is 37.7 Å². The van der Waals surface area contributed by atoms with Gasteiger partial charge in [0.1, 0.15) is 26.2 Å². The number of aryl methyl sites for hydroxylation is 1. The maximum absolute atomic E-state index is 12.4. The molecule has 8 nitrogen and oxygen atoms in total. The number of H-pyrrole nitrogens is 1. The molecule has 28 heavy (non-hydrogen) atoms. The number of nitrogens with zero attached hydrogens (tertiary/aromatic N) is 1. The van der Waals surface area contributed by atoms with Crippen LogP contribution in [0.2, 0.25) is 0 Å². The average Bonchev–Trinajstić information content (AvgIpc) is 2.70. The molecule has 1 aromatic heterocycles. The first-order valence-corrected chi connectivity index (χ1v) is 10.8. The van der Waals surface area contributed by atoms with E-state index < -0.39 is 10.0 Å². The number of carbonyl (C=O) groups excluding carboxylic acids is 1. The van der Waals surface area contributed by atoms with Gasteiger partial charge >= 0.3 is 0 Å². The number of sulfonamides is 1. The van der Waals surface area contributed by atoms with Gasteiger partial charge in [0.05, 0.1) is 11.1 Å². The molecule has 150 valence electrons. The van der Waals surface area contributed by atoms with E-state index in [2.05, 4.69) is 19.9 Å². The van der Waals surface area contributed by atoms with Gasteiger partial charge in [0, 0.05) is 11.8 Å². The van der Waals surface area contributed by atoms with Crippen molar-refractivity contribution < 1.29 is 23.1 Å². The first-order valence-electron chi connectivity index (χ1n) is 9.28. The molecule has 0 radical (unpaired) electrons. The number of pyridine rings is 1. The Hall–Kier alpha value is -2.49. The molecule has 0 spiro atoms. The van der Waals surface area contributed by atoms with Crippen molar-refractivity contribution in [1.82, 2.24) is 4.72 Å². The molecule has 1 fully saturated rings. The Balaban J connectivity index is 1.56. The summed E-state index contributed by atoms with van der Waals surface area (Å²) in [6.07, 6.45) is 1.91. The third kappa shape index (κ3) is 4.86. The Morgan fingerprint density at radius 2 is 1.96 bits per heavy atom. The van der Waals surface area contributed by atoms with Crippen LogP contribution in [0.4, 0.5) is 11.5 Å². The molecule has 1 aliphatic heterocycles. The molecule has 0 unspecified atom stereocenters. The molecule has 1 amide bonds. The number of nitrogens with one attached hydrogen (secondary N) is 4. The van der Waals surface area contributed by atoms with Crippen LogP contribution in [-0.4, -0.2) is 54.1 Å². The number of rotatable bonds is 6. The Labute approximate surface area is 165 Å². The second-order valence-electron chi connectivity index (χ2n) is 6.90. The van der Waals surface area contributed by atoms with Crippen molar-refractivity contribution in [3.05, 3.63) is 48.2 Å². The maximum Gasteiger partial charge on any atom is 0.279 e. The summed E-state index contributed by atoms with van der Waals surface area (Å²) in [5.74, 6) is 0.968. The number of piperazine rings is 1. The van der Waals surface area contributed by atoms with E-state index in [1.807, 2.05) is 24.4 Å². The van der Waals surface area contributed by atoms with Crippen molar-refractivity contribution in [1.29, 1.82) is 0 Å². The molecule has 0 aliphatic carbocycles. The van der Waals surface area contributed by atoms with Crippen molar-refractivity contribution in [2.75, 3.05) is 50.0 Å². The van der Waals surface area contributed by atoms with Crippen molar-refractivity contribution in [2.24, 2.45) is 0 Å². The second-order valence-corrected chi connectivity index (χ2v) is 8.75. The van der Waals surface area contributed by atoms with Gasteiger partial charge in [-0.15, -0.1) is 0 Å². The molecule has 1 aliphatic rings. The molecule has 0 bridgehead atoms. The Bertz CT molecular complexity index is 926. The topological polar surface area (TPSA) is 97.1 Å². The van der Waals surface area contributed by atoms with E-state index >= 15 is 0 Å². The van der Waals surface area contributed by atoms with E-state index in [1.165, 1.54) is 18.0 Å². The van der Waals surface area contributed by atoms with Crippen LogP contribution in [0, 0.1) is 6.92 Å². The van der Waals surface area contributed by atoms with Crippen LogP contribution >= 0.6 is 0 Å². The highest BCUT2D eigenvalue weighted by Crippen LogP contribution is 2.19. The molecule has 2 aromatic rings. The van der Waals surface area contributed by atoms with E-state index in [0.29, 0.717) is 17.8 Å². The Morgan fingerprint density at radius 1 is 1.21 bits per heavy atom. The Morgan fingerprint density at radius 3 is 2.61 bits per heavy atom. The minimum atomic E-state index is -3.56. The predicted molar refractivity (Wildman–Crippen MR) is 107 cm³/mol. The summed E-state index contributed by atoms with van der Waals surface area (Å²) < 4.78 is 26.5. The van der Waals surface area contributed by atoms with E-state index in [0.717, 1.165) is 32.0 Å². The minimum Gasteiger partial charge on any atom is -0.321 e. The van der Waals surface area contributed by atoms with Crippen molar-refractivity contribution in [3.63, 3.8) is 0 Å². The lowest BCUT2D eigenvalue weighted by Gasteiger charge is -2.27. The van der Waals surface area contributed by atoms with E-state index in [9.17, 15) is 13.2 Å². The smallest absolute Gasteiger partial charge is 0.279 e. The standard InChI is InChI=1S/C19H25N5O3S/c1-15-6-7-16(13-17(15)28(26,27)20-2)22-19(25)14-23-9-11-24(12-10-23)18-5-3-4-8-21-18/h3-8,13,20H,9-12,14H2,1-2H3,(H,22,25)/p+2. The average molecular weight is 406 g/mol. The first kappa shape index (κ1) is 20.2. The van der Waals surface area contributed by atoms with Gasteiger partial charge in [0.2, 0.25) is 10.0 Å². The van der Waals surface area contributed by atoms with Crippen LogP contribution in [0.3, 0.4) is 0 Å². The van der Waals surface area contributed by atoms with Gasteiger partial charge in [-0.2, -0.15) is 0 Å². The number of amides is 1. The minimum absolute atomic E-state index is 0.119. The number of quaternary nitrogens is 1. The SMILES string of the molecule is CNS(=O)(=O)c1cc(NC(=O)C[NH+]2CCN(c3cccc[nH+]3)CC2)ccc1C. The summed E-state index contributed by atoms with van der Waals surface area (Å²) in [7, 11) is -2.19. The lowest BCUT2D eigenvalue weighted by Crippen LogP contribution is -3.15. The molecule has 1 aromatic carbocycles. The zero-order valence-corrected chi connectivity index (χ0v) is 17.0. The molecule has 4 N–H and O–H groups in total. The fraction of sp³-hybridized carbons (Fsp3) is 0.368. The fourth-order valence-corrected chi connectivity index (χ4v) is 4.32. The van der Waals surface area contributed by atoms with Crippen molar-refractivity contribution in [2.45, 2.75) is 11.8 Å². The number of benzene rings is 1. The summed E-state index contributed by atoms with van der Waals surface area (Å²) >= 11 is 0. The van der Waals surface area contributed by atoms with Gasteiger partial charge in [-0.3, -0.25) is 9.69 Å². The predicted octanol–water partition coefficient (Wildman–Crippen LogP) is -0.939. The van der Waals surface area contributed by atoms with Gasteiger partial charge in [0.25, 0.3) is 11.7 Å². The van der Waals surface area contributed by atoms with Gasteiger partial charge in [0.15, 0.2) is 6.54 Å². The number of anilines is 2. The van der Waals surface area contributed by atoms with E-state index in [1.54, 1.807) is 19.1 Å². The fourth-order valence-electron chi connectivity index (χ4n) is 3.33. The largest absolute Gasteiger partial charge is 0.321 e. The van der Waals surface area contributed by atoms with Crippen LogP contribution in [0.5, 0.6) is 0 Å². The zero-order valence-electron chi connectivity index (χ0n) is 16.2. The summed E-state index contributed by atoms with van der Waals surface area (Å²) in [5, 5.41) is 2.82. The van der Waals surface area contributed by atoms with E-state index in [4.69, 9.17) is 0 Å². The van der Waals surface area contributed by atoms with Crippen LogP contribution < -0.4 is 24.8 Å². The highest BCUT2D eigenvalue weighted by Gasteiger charge is 2.27. The third-order valence-electron chi connectivity index (χ3n) is 4.94. The maximum atomic E-state index is 12.4. The molecule has 0 atom stereocenters. The van der Waals surface area contributed by atoms with Gasteiger partial charge in [-0.1, -0.05) is 12.1 Å². The van der Waals surface area contributed by atoms with E-state index in [-0.39, 0.29) is 10.8 Å². The number of hydrogen-bond acceptors (Lipinski definition) is 4. The molecule has 2 heterocycles. The zero-order chi connectivity index (χ0) is 20.1. The molecular formula is C19H27N5O3S+2. The number of carbonyl (C=O) groups is 1. The van der Waals surface area contributed by atoms with Gasteiger partial charge < -0.3 is 10.2 Å². The van der Waals surface area contributed by atoms with Crippen molar-refractivity contribution >= 4 is 27.4 Å². The first-order chi connectivity index (χ1) is 13.4. The van der Waals surface area contributed by atoms with Crippen LogP contribution in [0.15, 0.2) is 47.5 Å². The third-order valence-corrected chi connectivity index (χ3v) is 6.50. The quantitative estimate of drug-likeness (QED) is 0.578.